The summed E-state index contributed by atoms with van der Waals surface area (Å²) in [4.78, 5) is 16.7. The number of amides is 1. The van der Waals surface area contributed by atoms with Gasteiger partial charge in [0.2, 0.25) is 0 Å². The Kier molecular flexibility index (Phi) is 7.90. The van der Waals surface area contributed by atoms with Crippen LogP contribution in [0.25, 0.3) is 0 Å². The number of aliphatic imine (C=N–C) groups is 1. The molecule has 0 aromatic carbocycles. The Hall–Kier alpha value is -2.42. The lowest BCUT2D eigenvalue weighted by molar-refractivity contribution is 0.0957. The average molecular weight is 363 g/mol. The molecule has 0 unspecified atom stereocenters. The minimum Gasteiger partial charge on any atom is -0.356 e. The van der Waals surface area contributed by atoms with Gasteiger partial charge in [-0.1, -0.05) is 13.0 Å². The average Bonchev–Trinajstić information content (AvgIpc) is 3.31. The SMILES string of the molecule is CCc1nncn1CCNC(=NC)NCCCNC(=O)c1cccs1. The molecule has 2 heterocycles. The molecule has 0 aliphatic rings. The maximum Gasteiger partial charge on any atom is 0.261 e. The molecule has 25 heavy (non-hydrogen) atoms. The van der Waals surface area contributed by atoms with Crippen molar-refractivity contribution in [1.82, 2.24) is 30.7 Å². The fourth-order valence-electron chi connectivity index (χ4n) is 2.25. The molecule has 0 atom stereocenters. The van der Waals surface area contributed by atoms with E-state index < -0.39 is 0 Å². The topological polar surface area (TPSA) is 96.2 Å². The number of aromatic nitrogens is 3. The lowest BCUT2D eigenvalue weighted by atomic mass is 10.4. The van der Waals surface area contributed by atoms with Crippen molar-refractivity contribution >= 4 is 23.2 Å². The van der Waals surface area contributed by atoms with Crippen molar-refractivity contribution in [3.63, 3.8) is 0 Å². The Labute approximate surface area is 151 Å². The van der Waals surface area contributed by atoms with E-state index in [1.54, 1.807) is 13.4 Å². The number of nitrogens with zero attached hydrogens (tertiary/aromatic N) is 4. The first-order valence-electron chi connectivity index (χ1n) is 8.37. The van der Waals surface area contributed by atoms with Gasteiger partial charge in [-0.05, 0) is 17.9 Å². The summed E-state index contributed by atoms with van der Waals surface area (Å²) in [6.45, 7) is 4.94. The molecule has 0 saturated heterocycles. The molecular formula is C16H25N7OS. The summed E-state index contributed by atoms with van der Waals surface area (Å²) < 4.78 is 2.03. The lowest BCUT2D eigenvalue weighted by Crippen LogP contribution is -2.40. The van der Waals surface area contributed by atoms with Gasteiger partial charge in [0.15, 0.2) is 5.96 Å². The number of carbonyl (C=O) groups is 1. The fourth-order valence-corrected chi connectivity index (χ4v) is 2.89. The van der Waals surface area contributed by atoms with Crippen LogP contribution >= 0.6 is 11.3 Å². The predicted octanol–water partition coefficient (Wildman–Crippen LogP) is 0.887. The van der Waals surface area contributed by atoms with Gasteiger partial charge in [0.25, 0.3) is 5.91 Å². The third-order valence-electron chi connectivity index (χ3n) is 3.56. The number of carbonyl (C=O) groups excluding carboxylic acids is 1. The van der Waals surface area contributed by atoms with E-state index in [-0.39, 0.29) is 5.91 Å². The highest BCUT2D eigenvalue weighted by molar-refractivity contribution is 7.12. The molecule has 8 nitrogen and oxygen atoms in total. The molecule has 1 amide bonds. The van der Waals surface area contributed by atoms with Gasteiger partial charge in [0.05, 0.1) is 4.88 Å². The summed E-state index contributed by atoms with van der Waals surface area (Å²) >= 11 is 1.45. The van der Waals surface area contributed by atoms with Crippen molar-refractivity contribution < 1.29 is 4.79 Å². The summed E-state index contributed by atoms with van der Waals surface area (Å²) in [5.74, 6) is 1.71. The Morgan fingerprint density at radius 1 is 1.28 bits per heavy atom. The number of aryl methyl sites for hydroxylation is 1. The van der Waals surface area contributed by atoms with Crippen LogP contribution in [0, 0.1) is 0 Å². The smallest absolute Gasteiger partial charge is 0.261 e. The molecule has 0 radical (unpaired) electrons. The molecule has 0 bridgehead atoms. The van der Waals surface area contributed by atoms with Crippen molar-refractivity contribution in [3.8, 4) is 0 Å². The second kappa shape index (κ2) is 10.4. The molecule has 0 aliphatic heterocycles. The second-order valence-electron chi connectivity index (χ2n) is 5.31. The van der Waals surface area contributed by atoms with Gasteiger partial charge in [0.1, 0.15) is 12.2 Å². The van der Waals surface area contributed by atoms with Crippen molar-refractivity contribution in [2.75, 3.05) is 26.7 Å². The molecule has 0 spiro atoms. The van der Waals surface area contributed by atoms with E-state index in [4.69, 9.17) is 0 Å². The van der Waals surface area contributed by atoms with E-state index in [1.807, 2.05) is 22.1 Å². The maximum absolute atomic E-state index is 11.8. The quantitative estimate of drug-likeness (QED) is 0.349. The third kappa shape index (κ3) is 6.18. The van der Waals surface area contributed by atoms with E-state index in [1.165, 1.54) is 11.3 Å². The molecule has 0 aliphatic carbocycles. The first kappa shape index (κ1) is 18.9. The molecule has 0 fully saturated rings. The standard InChI is InChI=1S/C16H25N7OS/c1-3-14-22-21-12-23(14)10-9-20-16(17-2)19-8-5-7-18-15(24)13-6-4-11-25-13/h4,6,11-12H,3,5,7-10H2,1-2H3,(H,18,24)(H2,17,19,20). The van der Waals surface area contributed by atoms with Gasteiger partial charge in [-0.25, -0.2) is 0 Å². The van der Waals surface area contributed by atoms with Crippen molar-refractivity contribution in [3.05, 3.63) is 34.5 Å². The van der Waals surface area contributed by atoms with Crippen LogP contribution in [-0.2, 0) is 13.0 Å². The van der Waals surface area contributed by atoms with Gasteiger partial charge < -0.3 is 20.5 Å². The van der Waals surface area contributed by atoms with Crippen molar-refractivity contribution in [2.24, 2.45) is 4.99 Å². The summed E-state index contributed by atoms with van der Waals surface area (Å²) in [6, 6.07) is 3.70. The van der Waals surface area contributed by atoms with E-state index in [0.717, 1.165) is 49.1 Å². The molecule has 9 heteroatoms. The van der Waals surface area contributed by atoms with Crippen LogP contribution in [0.1, 0.15) is 28.8 Å². The second-order valence-corrected chi connectivity index (χ2v) is 6.25. The fraction of sp³-hybridized carbons (Fsp3) is 0.500. The summed E-state index contributed by atoms with van der Waals surface area (Å²) in [5, 5.41) is 19.3. The molecule has 2 rings (SSSR count). The first-order chi connectivity index (χ1) is 12.2. The predicted molar refractivity (Wildman–Crippen MR) is 100 cm³/mol. The van der Waals surface area contributed by atoms with E-state index in [0.29, 0.717) is 6.54 Å². The number of nitrogens with one attached hydrogen (secondary N) is 3. The molecule has 136 valence electrons. The van der Waals surface area contributed by atoms with Crippen LogP contribution in [-0.4, -0.2) is 53.3 Å². The number of guanidine groups is 1. The Morgan fingerprint density at radius 2 is 2.08 bits per heavy atom. The minimum absolute atomic E-state index is 0.0156. The van der Waals surface area contributed by atoms with Crippen LogP contribution < -0.4 is 16.0 Å². The highest BCUT2D eigenvalue weighted by Crippen LogP contribution is 2.07. The number of hydrogen-bond donors (Lipinski definition) is 3. The summed E-state index contributed by atoms with van der Waals surface area (Å²) in [6.07, 6.45) is 3.43. The summed E-state index contributed by atoms with van der Waals surface area (Å²) in [5.41, 5.74) is 0. The largest absolute Gasteiger partial charge is 0.356 e. The van der Waals surface area contributed by atoms with Gasteiger partial charge in [-0.15, -0.1) is 21.5 Å². The van der Waals surface area contributed by atoms with Gasteiger partial charge in [-0.2, -0.15) is 0 Å². The first-order valence-corrected chi connectivity index (χ1v) is 9.25. The zero-order valence-corrected chi connectivity index (χ0v) is 15.5. The van der Waals surface area contributed by atoms with Gasteiger partial charge >= 0.3 is 0 Å². The number of thiophene rings is 1. The zero-order chi connectivity index (χ0) is 17.9. The van der Waals surface area contributed by atoms with E-state index >= 15 is 0 Å². The van der Waals surface area contributed by atoms with Gasteiger partial charge in [-0.3, -0.25) is 9.79 Å². The third-order valence-corrected chi connectivity index (χ3v) is 4.43. The van der Waals surface area contributed by atoms with Crippen LogP contribution in [0.3, 0.4) is 0 Å². The zero-order valence-electron chi connectivity index (χ0n) is 14.7. The van der Waals surface area contributed by atoms with E-state index in [2.05, 4.69) is 38.1 Å². The Balaban J connectivity index is 1.58. The molecule has 2 aromatic rings. The molecule has 0 saturated carbocycles. The van der Waals surface area contributed by atoms with E-state index in [9.17, 15) is 4.79 Å². The van der Waals surface area contributed by atoms with Crippen LogP contribution in [0.4, 0.5) is 0 Å². The van der Waals surface area contributed by atoms with Gasteiger partial charge in [0, 0.05) is 39.6 Å². The Morgan fingerprint density at radius 3 is 2.80 bits per heavy atom. The lowest BCUT2D eigenvalue weighted by Gasteiger charge is -2.12. The van der Waals surface area contributed by atoms with Crippen molar-refractivity contribution in [1.29, 1.82) is 0 Å². The molecular weight excluding hydrogens is 338 g/mol. The summed E-state index contributed by atoms with van der Waals surface area (Å²) in [7, 11) is 1.74. The molecule has 3 N–H and O–H groups in total. The highest BCUT2D eigenvalue weighted by Gasteiger charge is 2.05. The Bertz CT molecular complexity index is 666. The van der Waals surface area contributed by atoms with Crippen molar-refractivity contribution in [2.45, 2.75) is 26.3 Å². The highest BCUT2D eigenvalue weighted by atomic mass is 32.1. The monoisotopic (exact) mass is 363 g/mol. The number of hydrogen-bond acceptors (Lipinski definition) is 5. The van der Waals surface area contributed by atoms with Crippen LogP contribution in [0.5, 0.6) is 0 Å². The maximum atomic E-state index is 11.8. The minimum atomic E-state index is -0.0156. The normalized spacial score (nSPS) is 11.4. The van der Waals surface area contributed by atoms with Crippen LogP contribution in [0.15, 0.2) is 28.8 Å². The number of rotatable bonds is 9. The molecule has 2 aromatic heterocycles. The van der Waals surface area contributed by atoms with Crippen LogP contribution in [0.2, 0.25) is 0 Å².